The maximum absolute atomic E-state index is 12.4. The van der Waals surface area contributed by atoms with Crippen molar-refractivity contribution in [3.63, 3.8) is 0 Å². The first kappa shape index (κ1) is 47.7. The smallest absolute Gasteiger partial charge is 0.457 e. The Hall–Kier alpha value is -1.28. The van der Waals surface area contributed by atoms with Gasteiger partial charge in [0, 0.05) is 19.6 Å². The molecule has 0 bridgehead atoms. The van der Waals surface area contributed by atoms with Gasteiger partial charge >= 0.3 is 13.8 Å². The van der Waals surface area contributed by atoms with Gasteiger partial charge in [-0.05, 0) is 51.4 Å². The van der Waals surface area contributed by atoms with Crippen LogP contribution in [0.2, 0.25) is 0 Å². The summed E-state index contributed by atoms with van der Waals surface area (Å²) in [6, 6.07) is 0. The van der Waals surface area contributed by atoms with Crippen LogP contribution in [-0.2, 0) is 27.9 Å². The van der Waals surface area contributed by atoms with E-state index in [1.807, 2.05) is 0 Å². The van der Waals surface area contributed by atoms with Crippen molar-refractivity contribution in [2.24, 2.45) is 5.73 Å². The van der Waals surface area contributed by atoms with Gasteiger partial charge in [-0.25, -0.2) is 4.57 Å². The second-order valence-electron chi connectivity index (χ2n) is 13.1. The summed E-state index contributed by atoms with van der Waals surface area (Å²) in [6.07, 6.45) is 41.9. The van der Waals surface area contributed by atoms with E-state index in [-0.39, 0.29) is 32.3 Å². The highest BCUT2D eigenvalue weighted by Crippen LogP contribution is 2.43. The van der Waals surface area contributed by atoms with Gasteiger partial charge in [-0.1, -0.05) is 153 Å². The Balaban J connectivity index is 3.87. The molecule has 0 amide bonds. The van der Waals surface area contributed by atoms with Crippen LogP contribution in [0.15, 0.2) is 36.5 Å². The van der Waals surface area contributed by atoms with Crippen molar-refractivity contribution in [2.45, 2.75) is 180 Å². The first-order valence-electron chi connectivity index (χ1n) is 20.0. The molecule has 0 spiro atoms. The minimum Gasteiger partial charge on any atom is -0.457 e. The van der Waals surface area contributed by atoms with Gasteiger partial charge in [0.1, 0.15) is 6.10 Å². The van der Waals surface area contributed by atoms with E-state index in [0.717, 1.165) is 44.9 Å². The third-order valence-electron chi connectivity index (χ3n) is 8.31. The summed E-state index contributed by atoms with van der Waals surface area (Å²) >= 11 is 0. The molecule has 0 aromatic rings. The number of phosphoric acid groups is 1. The first-order chi connectivity index (χ1) is 23.9. The van der Waals surface area contributed by atoms with E-state index < -0.39 is 13.9 Å². The predicted octanol–water partition coefficient (Wildman–Crippen LogP) is 11.5. The molecule has 0 aromatic heterocycles. The van der Waals surface area contributed by atoms with Crippen molar-refractivity contribution in [1.82, 2.24) is 0 Å². The molecule has 0 fully saturated rings. The minimum atomic E-state index is -4.26. The van der Waals surface area contributed by atoms with Gasteiger partial charge in [-0.2, -0.15) is 0 Å². The van der Waals surface area contributed by atoms with Gasteiger partial charge in [-0.3, -0.25) is 13.8 Å². The second-order valence-corrected chi connectivity index (χ2v) is 14.6. The highest BCUT2D eigenvalue weighted by molar-refractivity contribution is 7.47. The largest absolute Gasteiger partial charge is 0.472 e. The first-order valence-corrected chi connectivity index (χ1v) is 21.5. The number of hydrogen-bond donors (Lipinski definition) is 2. The summed E-state index contributed by atoms with van der Waals surface area (Å²) in [5.74, 6) is -0.343. The van der Waals surface area contributed by atoms with Gasteiger partial charge in [0.05, 0.1) is 19.8 Å². The molecule has 0 aliphatic carbocycles. The summed E-state index contributed by atoms with van der Waals surface area (Å²) in [7, 11) is -4.26. The average molecular weight is 714 g/mol. The molecule has 0 aromatic carbocycles. The Labute approximate surface area is 301 Å². The topological polar surface area (TPSA) is 117 Å². The summed E-state index contributed by atoms with van der Waals surface area (Å²) in [4.78, 5) is 22.2. The fourth-order valence-corrected chi connectivity index (χ4v) is 6.12. The zero-order valence-corrected chi connectivity index (χ0v) is 32.6. The molecule has 0 saturated carbocycles. The average Bonchev–Trinajstić information content (AvgIpc) is 3.09. The summed E-state index contributed by atoms with van der Waals surface area (Å²) in [5.41, 5.74) is 5.34. The van der Waals surface area contributed by atoms with Crippen LogP contribution in [0.25, 0.3) is 0 Å². The number of carbonyl (C=O) groups is 1. The normalized spacial score (nSPS) is 14.0. The molecule has 8 nitrogen and oxygen atoms in total. The molecule has 2 unspecified atom stereocenters. The van der Waals surface area contributed by atoms with Crippen LogP contribution in [0.5, 0.6) is 0 Å². The number of hydrogen-bond acceptors (Lipinski definition) is 7. The Kier molecular flexibility index (Phi) is 37.0. The summed E-state index contributed by atoms with van der Waals surface area (Å²) in [6.45, 7) is 4.83. The van der Waals surface area contributed by atoms with Crippen molar-refractivity contribution in [3.8, 4) is 0 Å². The molecule has 0 rings (SSSR count). The SMILES string of the molecule is CCCCCCC/C=C\C/C=C\C/C=C\CCCCCCCCCCCOCC(COP(=O)(O)OCCN)OC(=O)CCCCCCCC. The summed E-state index contributed by atoms with van der Waals surface area (Å²) in [5, 5.41) is 0. The quantitative estimate of drug-likeness (QED) is 0.0281. The van der Waals surface area contributed by atoms with Crippen LogP contribution in [0.1, 0.15) is 174 Å². The van der Waals surface area contributed by atoms with E-state index in [4.69, 9.17) is 24.3 Å². The van der Waals surface area contributed by atoms with Crippen LogP contribution in [0, 0.1) is 0 Å². The zero-order valence-electron chi connectivity index (χ0n) is 31.7. The van der Waals surface area contributed by atoms with Crippen molar-refractivity contribution >= 4 is 13.8 Å². The van der Waals surface area contributed by atoms with Gasteiger partial charge in [0.15, 0.2) is 0 Å². The van der Waals surface area contributed by atoms with Gasteiger partial charge in [0.2, 0.25) is 0 Å². The van der Waals surface area contributed by atoms with Crippen LogP contribution in [0.4, 0.5) is 0 Å². The van der Waals surface area contributed by atoms with Crippen molar-refractivity contribution < 1.29 is 32.8 Å². The highest BCUT2D eigenvalue weighted by Gasteiger charge is 2.25. The van der Waals surface area contributed by atoms with E-state index >= 15 is 0 Å². The molecule has 0 heterocycles. The van der Waals surface area contributed by atoms with Crippen molar-refractivity contribution in [1.29, 1.82) is 0 Å². The molecule has 0 aliphatic rings. The predicted molar refractivity (Wildman–Crippen MR) is 206 cm³/mol. The number of unbranched alkanes of at least 4 members (excludes halogenated alkanes) is 19. The molecule has 0 radical (unpaired) electrons. The lowest BCUT2D eigenvalue weighted by molar-refractivity contribution is -0.154. The maximum atomic E-state index is 12.4. The van der Waals surface area contributed by atoms with Crippen LogP contribution in [-0.4, -0.2) is 49.9 Å². The minimum absolute atomic E-state index is 0.0966. The Morgan fingerprint density at radius 3 is 1.61 bits per heavy atom. The molecule has 3 N–H and O–H groups in total. The number of carbonyl (C=O) groups excluding carboxylic acids is 1. The molecule has 0 saturated heterocycles. The fourth-order valence-electron chi connectivity index (χ4n) is 5.36. The van der Waals surface area contributed by atoms with Crippen molar-refractivity contribution in [3.05, 3.63) is 36.5 Å². The number of allylic oxidation sites excluding steroid dienone is 6. The second kappa shape index (κ2) is 38.0. The van der Waals surface area contributed by atoms with Crippen LogP contribution < -0.4 is 5.73 Å². The third kappa shape index (κ3) is 37.8. The van der Waals surface area contributed by atoms with Crippen LogP contribution >= 0.6 is 7.82 Å². The lowest BCUT2D eigenvalue weighted by Crippen LogP contribution is -2.28. The molecular weight excluding hydrogens is 637 g/mol. The van der Waals surface area contributed by atoms with E-state index in [9.17, 15) is 14.3 Å². The Bertz CT molecular complexity index is 848. The fraction of sp³-hybridized carbons (Fsp3) is 0.825. The lowest BCUT2D eigenvalue weighted by atomic mass is 10.1. The highest BCUT2D eigenvalue weighted by atomic mass is 31.2. The monoisotopic (exact) mass is 714 g/mol. The number of esters is 1. The van der Waals surface area contributed by atoms with E-state index in [0.29, 0.717) is 13.0 Å². The van der Waals surface area contributed by atoms with Crippen LogP contribution in [0.3, 0.4) is 0 Å². The number of ether oxygens (including phenoxy) is 2. The molecule has 0 aliphatic heterocycles. The zero-order chi connectivity index (χ0) is 35.9. The van der Waals surface area contributed by atoms with Crippen molar-refractivity contribution in [2.75, 3.05) is 33.0 Å². The maximum Gasteiger partial charge on any atom is 0.472 e. The molecule has 288 valence electrons. The van der Waals surface area contributed by atoms with E-state index in [1.165, 1.54) is 109 Å². The van der Waals surface area contributed by atoms with Gasteiger partial charge in [-0.15, -0.1) is 0 Å². The standard InChI is InChI=1S/C40H76NO7P/c1-3-5-7-9-11-12-13-14-15-16-17-18-19-20-21-22-23-24-25-26-27-28-30-32-35-45-37-39(38-47-49(43,44)46-36-34-41)48-40(42)33-31-29-10-8-6-4-2/h13-14,16-17,19-20,39H,3-12,15,18,21-38,41H2,1-2H3,(H,43,44)/b14-13-,17-16-,20-19-. The third-order valence-corrected chi connectivity index (χ3v) is 9.29. The lowest BCUT2D eigenvalue weighted by Gasteiger charge is -2.20. The van der Waals surface area contributed by atoms with Gasteiger partial charge in [0.25, 0.3) is 0 Å². The summed E-state index contributed by atoms with van der Waals surface area (Å²) < 4.78 is 33.1. The molecule has 49 heavy (non-hydrogen) atoms. The molecular formula is C40H76NO7P. The van der Waals surface area contributed by atoms with E-state index in [1.54, 1.807) is 0 Å². The Morgan fingerprint density at radius 1 is 0.612 bits per heavy atom. The molecule has 9 heteroatoms. The van der Waals surface area contributed by atoms with E-state index in [2.05, 4.69) is 50.3 Å². The molecule has 2 atom stereocenters. The number of phosphoric ester groups is 1. The number of rotatable bonds is 38. The Morgan fingerprint density at radius 2 is 1.08 bits per heavy atom. The van der Waals surface area contributed by atoms with Gasteiger partial charge < -0.3 is 20.1 Å². The number of nitrogens with two attached hydrogens (primary N) is 1.